The van der Waals surface area contributed by atoms with Crippen molar-refractivity contribution in [3.63, 3.8) is 0 Å². The Balaban J connectivity index is 2.74. The zero-order chi connectivity index (χ0) is 9.68. The van der Waals surface area contributed by atoms with Crippen LogP contribution in [-0.2, 0) is 4.79 Å². The van der Waals surface area contributed by atoms with Crippen molar-refractivity contribution in [2.75, 3.05) is 0 Å². The molecule has 0 saturated carbocycles. The molecule has 0 aliphatic rings. The lowest BCUT2D eigenvalue weighted by Crippen LogP contribution is -2.03. The lowest BCUT2D eigenvalue weighted by Gasteiger charge is -2.01. The maximum Gasteiger partial charge on any atom is 0.335 e. The van der Waals surface area contributed by atoms with E-state index in [1.807, 2.05) is 0 Å². The number of carbonyl (C=O) groups is 1. The van der Waals surface area contributed by atoms with Crippen LogP contribution in [0.2, 0.25) is 5.02 Å². The van der Waals surface area contributed by atoms with E-state index >= 15 is 0 Å². The number of rotatable bonds is 2. The van der Waals surface area contributed by atoms with Gasteiger partial charge in [0.15, 0.2) is 0 Å². The third-order valence-corrected chi connectivity index (χ3v) is 1.66. The average Bonchev–Trinajstić information content (AvgIpc) is 2.09. The van der Waals surface area contributed by atoms with Crippen LogP contribution < -0.4 is 4.74 Å². The highest BCUT2D eigenvalue weighted by Gasteiger charge is 2.02. The second-order valence-corrected chi connectivity index (χ2v) is 2.76. The smallest absolute Gasteiger partial charge is 0.335 e. The number of benzene rings is 1. The van der Waals surface area contributed by atoms with Crippen LogP contribution in [0.5, 0.6) is 5.75 Å². The number of hydrogen-bond acceptors (Lipinski definition) is 2. The van der Waals surface area contributed by atoms with Crippen molar-refractivity contribution in [2.24, 2.45) is 0 Å². The van der Waals surface area contributed by atoms with Crippen LogP contribution in [-0.4, -0.2) is 5.97 Å². The Morgan fingerprint density at radius 3 is 2.77 bits per heavy atom. The molecule has 0 N–H and O–H groups in total. The molecule has 1 aromatic carbocycles. The summed E-state index contributed by atoms with van der Waals surface area (Å²) in [7, 11) is 0. The van der Waals surface area contributed by atoms with Crippen molar-refractivity contribution in [1.29, 1.82) is 0 Å². The van der Waals surface area contributed by atoms with Gasteiger partial charge in [-0.15, -0.1) is 0 Å². The molecule has 13 heavy (non-hydrogen) atoms. The van der Waals surface area contributed by atoms with E-state index in [1.165, 1.54) is 6.08 Å². The Kier molecular flexibility index (Phi) is 3.53. The van der Waals surface area contributed by atoms with E-state index in [0.717, 1.165) is 0 Å². The quantitative estimate of drug-likeness (QED) is 0.413. The fourth-order valence-corrected chi connectivity index (χ4v) is 0.980. The number of halogens is 1. The SMILES string of the molecule is CC=CC(=O)Oc1ccccc1Cl. The van der Waals surface area contributed by atoms with E-state index < -0.39 is 5.97 Å². The molecule has 1 aromatic rings. The van der Waals surface area contributed by atoms with E-state index in [1.54, 1.807) is 37.3 Å². The van der Waals surface area contributed by atoms with Gasteiger partial charge in [0.05, 0.1) is 5.02 Å². The molecule has 0 atom stereocenters. The van der Waals surface area contributed by atoms with Crippen LogP contribution in [0.1, 0.15) is 6.92 Å². The minimum absolute atomic E-state index is 0.382. The standard InChI is InChI=1S/C10H9ClO2/c1-2-5-10(12)13-9-7-4-3-6-8(9)11/h2-7H,1H3. The molecular weight excluding hydrogens is 188 g/mol. The monoisotopic (exact) mass is 196 g/mol. The van der Waals surface area contributed by atoms with Gasteiger partial charge in [-0.05, 0) is 19.1 Å². The van der Waals surface area contributed by atoms with Gasteiger partial charge in [0, 0.05) is 6.08 Å². The number of carbonyl (C=O) groups excluding carboxylic acids is 1. The molecule has 68 valence electrons. The van der Waals surface area contributed by atoms with Gasteiger partial charge in [-0.2, -0.15) is 0 Å². The fraction of sp³-hybridized carbons (Fsp3) is 0.100. The van der Waals surface area contributed by atoms with E-state index in [4.69, 9.17) is 16.3 Å². The molecule has 0 spiro atoms. The summed E-state index contributed by atoms with van der Waals surface area (Å²) in [6.07, 6.45) is 2.95. The lowest BCUT2D eigenvalue weighted by molar-refractivity contribution is -0.128. The molecule has 0 bridgehead atoms. The predicted molar refractivity (Wildman–Crippen MR) is 51.9 cm³/mol. The summed E-state index contributed by atoms with van der Waals surface area (Å²) in [5.74, 6) is -0.0390. The minimum atomic E-state index is -0.421. The van der Waals surface area contributed by atoms with Crippen molar-refractivity contribution < 1.29 is 9.53 Å². The molecule has 0 heterocycles. The van der Waals surface area contributed by atoms with Gasteiger partial charge in [0.1, 0.15) is 5.75 Å². The molecule has 0 aliphatic heterocycles. The van der Waals surface area contributed by atoms with Gasteiger partial charge < -0.3 is 4.74 Å². The second-order valence-electron chi connectivity index (χ2n) is 2.35. The molecule has 0 fully saturated rings. The molecule has 3 heteroatoms. The summed E-state index contributed by atoms with van der Waals surface area (Å²) in [4.78, 5) is 11.0. The van der Waals surface area contributed by atoms with E-state index in [9.17, 15) is 4.79 Å². The summed E-state index contributed by atoms with van der Waals surface area (Å²) in [5.41, 5.74) is 0. The Labute approximate surface area is 81.8 Å². The molecule has 0 saturated heterocycles. The van der Waals surface area contributed by atoms with Crippen LogP contribution >= 0.6 is 11.6 Å². The van der Waals surface area contributed by atoms with Crippen molar-refractivity contribution in [1.82, 2.24) is 0 Å². The first-order valence-electron chi connectivity index (χ1n) is 3.83. The van der Waals surface area contributed by atoms with Crippen LogP contribution in [0.25, 0.3) is 0 Å². The summed E-state index contributed by atoms with van der Waals surface area (Å²) in [5, 5.41) is 0.431. The van der Waals surface area contributed by atoms with Gasteiger partial charge in [-0.25, -0.2) is 4.79 Å². The number of esters is 1. The largest absolute Gasteiger partial charge is 0.422 e. The van der Waals surface area contributed by atoms with Gasteiger partial charge in [0.2, 0.25) is 0 Å². The summed E-state index contributed by atoms with van der Waals surface area (Å²) < 4.78 is 4.93. The summed E-state index contributed by atoms with van der Waals surface area (Å²) in [6, 6.07) is 6.84. The molecule has 0 aromatic heterocycles. The van der Waals surface area contributed by atoms with Gasteiger partial charge in [0.25, 0.3) is 0 Å². The highest BCUT2D eigenvalue weighted by molar-refractivity contribution is 6.32. The van der Waals surface area contributed by atoms with E-state index in [2.05, 4.69) is 0 Å². The van der Waals surface area contributed by atoms with Crippen LogP contribution in [0.15, 0.2) is 36.4 Å². The highest BCUT2D eigenvalue weighted by Crippen LogP contribution is 2.23. The predicted octanol–water partition coefficient (Wildman–Crippen LogP) is 2.82. The van der Waals surface area contributed by atoms with E-state index in [0.29, 0.717) is 10.8 Å². The first kappa shape index (κ1) is 9.81. The van der Waals surface area contributed by atoms with Crippen LogP contribution in [0.4, 0.5) is 0 Å². The molecule has 2 nitrogen and oxygen atoms in total. The fourth-order valence-electron chi connectivity index (χ4n) is 0.806. The van der Waals surface area contributed by atoms with Crippen molar-refractivity contribution in [3.8, 4) is 5.75 Å². The molecule has 0 unspecified atom stereocenters. The molecule has 0 aliphatic carbocycles. The van der Waals surface area contributed by atoms with Gasteiger partial charge in [-0.3, -0.25) is 0 Å². The molecule has 0 radical (unpaired) electrons. The Hall–Kier alpha value is -1.28. The van der Waals surface area contributed by atoms with Crippen LogP contribution in [0, 0.1) is 0 Å². The highest BCUT2D eigenvalue weighted by atomic mass is 35.5. The third-order valence-electron chi connectivity index (χ3n) is 1.35. The zero-order valence-corrected chi connectivity index (χ0v) is 7.91. The van der Waals surface area contributed by atoms with Crippen molar-refractivity contribution in [2.45, 2.75) is 6.92 Å². The number of hydrogen-bond donors (Lipinski definition) is 0. The minimum Gasteiger partial charge on any atom is -0.422 e. The summed E-state index contributed by atoms with van der Waals surface area (Å²) >= 11 is 5.77. The topological polar surface area (TPSA) is 26.3 Å². The van der Waals surface area contributed by atoms with Gasteiger partial charge >= 0.3 is 5.97 Å². The van der Waals surface area contributed by atoms with Crippen molar-refractivity contribution >= 4 is 17.6 Å². The third kappa shape index (κ3) is 2.92. The number of allylic oxidation sites excluding steroid dienone is 1. The lowest BCUT2D eigenvalue weighted by atomic mass is 10.3. The Bertz CT molecular complexity index is 331. The summed E-state index contributed by atoms with van der Waals surface area (Å²) in [6.45, 7) is 1.74. The van der Waals surface area contributed by atoms with Crippen molar-refractivity contribution in [3.05, 3.63) is 41.4 Å². The number of para-hydroxylation sites is 1. The van der Waals surface area contributed by atoms with E-state index in [-0.39, 0.29) is 0 Å². The first-order valence-corrected chi connectivity index (χ1v) is 4.21. The van der Waals surface area contributed by atoms with Crippen LogP contribution in [0.3, 0.4) is 0 Å². The zero-order valence-electron chi connectivity index (χ0n) is 7.16. The maximum absolute atomic E-state index is 11.0. The molecule has 0 amide bonds. The maximum atomic E-state index is 11.0. The average molecular weight is 197 g/mol. The first-order chi connectivity index (χ1) is 6.24. The Morgan fingerprint density at radius 2 is 2.15 bits per heavy atom. The molecular formula is C10H9ClO2. The number of ether oxygens (including phenoxy) is 1. The normalized spacial score (nSPS) is 10.3. The Morgan fingerprint density at radius 1 is 1.46 bits per heavy atom. The second kappa shape index (κ2) is 4.67. The molecule has 1 rings (SSSR count). The van der Waals surface area contributed by atoms with Gasteiger partial charge in [-0.1, -0.05) is 29.8 Å².